The molecule has 3 nitrogen and oxygen atoms in total. The molecule has 0 bridgehead atoms. The Balaban J connectivity index is 2.06. The maximum absolute atomic E-state index is 4.31. The van der Waals surface area contributed by atoms with E-state index in [0.717, 1.165) is 34.0 Å². The molecule has 2 rings (SSSR count). The number of benzene rings is 1. The van der Waals surface area contributed by atoms with Gasteiger partial charge in [0.1, 0.15) is 10.0 Å². The van der Waals surface area contributed by atoms with Gasteiger partial charge in [-0.1, -0.05) is 46.3 Å². The minimum absolute atomic E-state index is 0.949. The summed E-state index contributed by atoms with van der Waals surface area (Å²) in [5.74, 6) is 0. The van der Waals surface area contributed by atoms with Crippen molar-refractivity contribution in [3.63, 3.8) is 0 Å². The molecule has 0 amide bonds. The first-order valence-corrected chi connectivity index (χ1v) is 8.12. The van der Waals surface area contributed by atoms with Crippen LogP contribution in [-0.2, 0) is 6.42 Å². The minimum Gasteiger partial charge on any atom is -0.316 e. The zero-order valence-corrected chi connectivity index (χ0v) is 13.6. The van der Waals surface area contributed by atoms with Crippen molar-refractivity contribution in [2.45, 2.75) is 26.7 Å². The van der Waals surface area contributed by atoms with Crippen LogP contribution in [-0.4, -0.2) is 23.3 Å². The summed E-state index contributed by atoms with van der Waals surface area (Å²) < 4.78 is 1.12. The number of rotatable bonds is 6. The van der Waals surface area contributed by atoms with Gasteiger partial charge < -0.3 is 5.32 Å². The third-order valence-corrected chi connectivity index (χ3v) is 4.78. The van der Waals surface area contributed by atoms with E-state index in [0.29, 0.717) is 0 Å². The molecule has 0 atom stereocenters. The maximum Gasteiger partial charge on any atom is 0.148 e. The first kappa shape index (κ1) is 14.6. The van der Waals surface area contributed by atoms with Crippen LogP contribution in [0.5, 0.6) is 0 Å². The third kappa shape index (κ3) is 3.84. The second-order valence-electron chi connectivity index (χ2n) is 4.41. The molecule has 0 saturated carbocycles. The van der Waals surface area contributed by atoms with Gasteiger partial charge in [-0.2, -0.15) is 0 Å². The van der Waals surface area contributed by atoms with Crippen LogP contribution in [0.1, 0.15) is 23.9 Å². The number of halogens is 1. The summed E-state index contributed by atoms with van der Waals surface area (Å²) in [4.78, 5) is 0. The van der Waals surface area contributed by atoms with Crippen LogP contribution in [0, 0.1) is 6.92 Å². The topological polar surface area (TPSA) is 37.8 Å². The van der Waals surface area contributed by atoms with Gasteiger partial charge in [-0.15, -0.1) is 10.2 Å². The van der Waals surface area contributed by atoms with Gasteiger partial charge in [-0.05, 0) is 31.5 Å². The highest BCUT2D eigenvalue weighted by Crippen LogP contribution is 2.30. The third-order valence-electron chi connectivity index (χ3n) is 2.91. The molecule has 102 valence electrons. The summed E-state index contributed by atoms with van der Waals surface area (Å²) >= 11 is 5.24. The molecule has 0 radical (unpaired) electrons. The smallest absolute Gasteiger partial charge is 0.148 e. The van der Waals surface area contributed by atoms with E-state index in [-0.39, 0.29) is 0 Å². The molecule has 1 aromatic heterocycles. The van der Waals surface area contributed by atoms with Crippen LogP contribution in [0.25, 0.3) is 10.6 Å². The normalized spacial score (nSPS) is 10.9. The molecule has 0 fully saturated rings. The highest BCUT2D eigenvalue weighted by molar-refractivity contribution is 9.10. The maximum atomic E-state index is 4.31. The lowest BCUT2D eigenvalue weighted by atomic mass is 10.1. The van der Waals surface area contributed by atoms with Crippen LogP contribution in [0.15, 0.2) is 22.7 Å². The van der Waals surface area contributed by atoms with E-state index in [1.54, 1.807) is 11.3 Å². The molecule has 1 aromatic carbocycles. The van der Waals surface area contributed by atoms with Crippen molar-refractivity contribution in [1.82, 2.24) is 15.5 Å². The zero-order chi connectivity index (χ0) is 13.7. The SMILES string of the molecule is CCCNCCc1nnc(-c2cccc(Br)c2C)s1. The molecule has 0 saturated heterocycles. The Hall–Kier alpha value is -0.780. The monoisotopic (exact) mass is 339 g/mol. The second kappa shape index (κ2) is 7.12. The summed E-state index contributed by atoms with van der Waals surface area (Å²) in [5, 5.41) is 14.1. The quantitative estimate of drug-likeness (QED) is 0.813. The number of nitrogens with zero attached hydrogens (tertiary/aromatic N) is 2. The van der Waals surface area contributed by atoms with Gasteiger partial charge in [0.15, 0.2) is 0 Å². The predicted molar refractivity (Wildman–Crippen MR) is 84.6 cm³/mol. The summed E-state index contributed by atoms with van der Waals surface area (Å²) in [5.41, 5.74) is 2.38. The van der Waals surface area contributed by atoms with E-state index >= 15 is 0 Å². The van der Waals surface area contributed by atoms with Crippen molar-refractivity contribution >= 4 is 27.3 Å². The van der Waals surface area contributed by atoms with Gasteiger partial charge in [-0.3, -0.25) is 0 Å². The molecular formula is C14H18BrN3S. The van der Waals surface area contributed by atoms with Crippen LogP contribution >= 0.6 is 27.3 Å². The van der Waals surface area contributed by atoms with Crippen LogP contribution in [0.4, 0.5) is 0 Å². The lowest BCUT2D eigenvalue weighted by molar-refractivity contribution is 0.668. The van der Waals surface area contributed by atoms with Crippen molar-refractivity contribution in [1.29, 1.82) is 0 Å². The van der Waals surface area contributed by atoms with E-state index in [1.165, 1.54) is 17.5 Å². The van der Waals surface area contributed by atoms with E-state index in [4.69, 9.17) is 0 Å². The van der Waals surface area contributed by atoms with Crippen molar-refractivity contribution in [2.24, 2.45) is 0 Å². The Morgan fingerprint density at radius 3 is 2.89 bits per heavy atom. The molecule has 0 unspecified atom stereocenters. The average Bonchev–Trinajstić information content (AvgIpc) is 2.87. The Labute approximate surface area is 126 Å². The van der Waals surface area contributed by atoms with Crippen molar-refractivity contribution in [3.8, 4) is 10.6 Å². The van der Waals surface area contributed by atoms with Gasteiger partial charge in [0.25, 0.3) is 0 Å². The van der Waals surface area contributed by atoms with Crippen molar-refractivity contribution in [2.75, 3.05) is 13.1 Å². The summed E-state index contributed by atoms with van der Waals surface area (Å²) in [6.45, 7) is 6.31. The van der Waals surface area contributed by atoms with E-state index in [9.17, 15) is 0 Å². The lowest BCUT2D eigenvalue weighted by Crippen LogP contribution is -2.17. The Kier molecular flexibility index (Phi) is 5.48. The zero-order valence-electron chi connectivity index (χ0n) is 11.2. The molecule has 1 N–H and O–H groups in total. The molecule has 19 heavy (non-hydrogen) atoms. The Morgan fingerprint density at radius 1 is 1.26 bits per heavy atom. The van der Waals surface area contributed by atoms with E-state index in [1.807, 2.05) is 6.07 Å². The number of nitrogens with one attached hydrogen (secondary N) is 1. The van der Waals surface area contributed by atoms with Crippen molar-refractivity contribution in [3.05, 3.63) is 33.2 Å². The van der Waals surface area contributed by atoms with Gasteiger partial charge in [0.05, 0.1) is 0 Å². The average molecular weight is 340 g/mol. The summed E-state index contributed by atoms with van der Waals surface area (Å²) in [6.07, 6.45) is 2.11. The Morgan fingerprint density at radius 2 is 2.11 bits per heavy atom. The molecule has 5 heteroatoms. The van der Waals surface area contributed by atoms with E-state index < -0.39 is 0 Å². The first-order valence-electron chi connectivity index (χ1n) is 6.51. The molecule has 0 spiro atoms. The highest BCUT2D eigenvalue weighted by Gasteiger charge is 2.10. The molecular weight excluding hydrogens is 322 g/mol. The fourth-order valence-electron chi connectivity index (χ4n) is 1.80. The van der Waals surface area contributed by atoms with Gasteiger partial charge >= 0.3 is 0 Å². The van der Waals surface area contributed by atoms with Crippen LogP contribution < -0.4 is 5.32 Å². The van der Waals surface area contributed by atoms with Crippen LogP contribution in [0.2, 0.25) is 0 Å². The standard InChI is InChI=1S/C14H18BrN3S/c1-3-8-16-9-7-13-17-18-14(19-13)11-5-4-6-12(15)10(11)2/h4-6,16H,3,7-9H2,1-2H3. The van der Waals surface area contributed by atoms with Gasteiger partial charge in [0.2, 0.25) is 0 Å². The van der Waals surface area contributed by atoms with Crippen LogP contribution in [0.3, 0.4) is 0 Å². The second-order valence-corrected chi connectivity index (χ2v) is 6.33. The minimum atomic E-state index is 0.949. The summed E-state index contributed by atoms with van der Waals surface area (Å²) in [7, 11) is 0. The number of aromatic nitrogens is 2. The van der Waals surface area contributed by atoms with E-state index in [2.05, 4.69) is 57.4 Å². The number of hydrogen-bond acceptors (Lipinski definition) is 4. The lowest BCUT2D eigenvalue weighted by Gasteiger charge is -2.03. The molecule has 2 aromatic rings. The number of hydrogen-bond donors (Lipinski definition) is 1. The van der Waals surface area contributed by atoms with Gasteiger partial charge in [-0.25, -0.2) is 0 Å². The van der Waals surface area contributed by atoms with Gasteiger partial charge in [0, 0.05) is 23.0 Å². The molecule has 0 aliphatic rings. The largest absolute Gasteiger partial charge is 0.316 e. The predicted octanol–water partition coefficient (Wildman–Crippen LogP) is 3.82. The fraction of sp³-hybridized carbons (Fsp3) is 0.429. The Bertz CT molecular complexity index is 539. The molecule has 1 heterocycles. The van der Waals surface area contributed by atoms with Crippen molar-refractivity contribution < 1.29 is 0 Å². The first-order chi connectivity index (χ1) is 9.22. The fourth-order valence-corrected chi connectivity index (χ4v) is 3.09. The molecule has 0 aliphatic carbocycles. The summed E-state index contributed by atoms with van der Waals surface area (Å²) in [6, 6.07) is 6.19. The highest BCUT2D eigenvalue weighted by atomic mass is 79.9. The molecule has 0 aliphatic heterocycles.